The number of halogens is 1. The third-order valence-corrected chi connectivity index (χ3v) is 3.24. The number of anilines is 1. The van der Waals surface area contributed by atoms with E-state index >= 15 is 0 Å². The van der Waals surface area contributed by atoms with E-state index in [0.717, 1.165) is 50.4 Å². The Bertz CT molecular complexity index is 471. The van der Waals surface area contributed by atoms with E-state index < -0.39 is 0 Å². The minimum absolute atomic E-state index is 0.220. The second-order valence-electron chi connectivity index (χ2n) is 5.29. The van der Waals surface area contributed by atoms with Crippen molar-refractivity contribution in [3.8, 4) is 0 Å². The van der Waals surface area contributed by atoms with Gasteiger partial charge in [0.15, 0.2) is 0 Å². The van der Waals surface area contributed by atoms with E-state index in [-0.39, 0.29) is 5.82 Å². The normalized spacial score (nSPS) is 14.9. The van der Waals surface area contributed by atoms with Crippen molar-refractivity contribution in [2.45, 2.75) is 12.8 Å². The van der Waals surface area contributed by atoms with Crippen LogP contribution in [-0.2, 0) is 0 Å². The van der Waals surface area contributed by atoms with E-state index in [2.05, 4.69) is 20.5 Å². The molecule has 4 nitrogen and oxygen atoms in total. The van der Waals surface area contributed by atoms with E-state index in [1.54, 1.807) is 12.1 Å². The zero-order chi connectivity index (χ0) is 14.4. The van der Waals surface area contributed by atoms with Gasteiger partial charge in [0.05, 0.1) is 5.69 Å². The van der Waals surface area contributed by atoms with Crippen LogP contribution in [0.15, 0.2) is 23.2 Å². The highest BCUT2D eigenvalue weighted by molar-refractivity contribution is 5.99. The van der Waals surface area contributed by atoms with Crippen LogP contribution in [0.1, 0.15) is 18.4 Å². The Morgan fingerprint density at radius 2 is 2.25 bits per heavy atom. The van der Waals surface area contributed by atoms with Crippen molar-refractivity contribution in [2.75, 3.05) is 45.6 Å². The third kappa shape index (κ3) is 4.20. The monoisotopic (exact) mass is 278 g/mol. The summed E-state index contributed by atoms with van der Waals surface area (Å²) < 4.78 is 14.0. The van der Waals surface area contributed by atoms with E-state index in [1.807, 2.05) is 20.2 Å². The lowest BCUT2D eigenvalue weighted by Gasteiger charge is -2.16. The van der Waals surface area contributed by atoms with E-state index in [0.29, 0.717) is 5.69 Å². The molecular weight excluding hydrogens is 255 g/mol. The maximum atomic E-state index is 14.0. The molecule has 1 aromatic carbocycles. The van der Waals surface area contributed by atoms with Gasteiger partial charge in [-0.3, -0.25) is 4.99 Å². The Balaban J connectivity index is 1.93. The first-order valence-electron chi connectivity index (χ1n) is 7.13. The first-order chi connectivity index (χ1) is 9.66. The number of amidine groups is 1. The molecule has 20 heavy (non-hydrogen) atoms. The molecule has 5 heteroatoms. The zero-order valence-electron chi connectivity index (χ0n) is 12.2. The van der Waals surface area contributed by atoms with Crippen LogP contribution < -0.4 is 10.6 Å². The van der Waals surface area contributed by atoms with Gasteiger partial charge in [0.25, 0.3) is 0 Å². The molecule has 0 spiro atoms. The summed E-state index contributed by atoms with van der Waals surface area (Å²) in [5, 5.41) is 6.34. The summed E-state index contributed by atoms with van der Waals surface area (Å²) in [7, 11) is 4.07. The van der Waals surface area contributed by atoms with Crippen molar-refractivity contribution >= 4 is 11.5 Å². The first kappa shape index (κ1) is 14.8. The van der Waals surface area contributed by atoms with Crippen molar-refractivity contribution in [1.82, 2.24) is 10.2 Å². The Labute approximate surface area is 120 Å². The van der Waals surface area contributed by atoms with Gasteiger partial charge in [-0.1, -0.05) is 0 Å². The predicted molar refractivity (Wildman–Crippen MR) is 82.1 cm³/mol. The molecule has 0 saturated heterocycles. The maximum Gasteiger partial charge on any atom is 0.147 e. The lowest BCUT2D eigenvalue weighted by atomic mass is 10.1. The molecule has 110 valence electrons. The van der Waals surface area contributed by atoms with Gasteiger partial charge in [-0.15, -0.1) is 0 Å². The van der Waals surface area contributed by atoms with Crippen LogP contribution in [0.2, 0.25) is 0 Å². The summed E-state index contributed by atoms with van der Waals surface area (Å²) in [6.07, 6.45) is 2.03. The number of hydrogen-bond acceptors (Lipinski definition) is 4. The first-order valence-corrected chi connectivity index (χ1v) is 7.13. The molecule has 0 saturated carbocycles. The molecule has 0 bridgehead atoms. The van der Waals surface area contributed by atoms with Gasteiger partial charge in [0.1, 0.15) is 11.7 Å². The van der Waals surface area contributed by atoms with Crippen molar-refractivity contribution in [2.24, 2.45) is 4.99 Å². The standard InChI is InChI=1S/C15H23FN4/c1-20(2)10-4-9-17-14-6-5-12(11-13(14)16)15-18-7-3-8-19-15/h5-6,11,17H,3-4,7-10H2,1-2H3,(H,18,19). The highest BCUT2D eigenvalue weighted by Gasteiger charge is 2.10. The quantitative estimate of drug-likeness (QED) is 0.781. The van der Waals surface area contributed by atoms with E-state index in [4.69, 9.17) is 0 Å². The summed E-state index contributed by atoms with van der Waals surface area (Å²) in [5.74, 6) is 0.580. The fourth-order valence-corrected chi connectivity index (χ4v) is 2.15. The molecule has 0 fully saturated rings. The largest absolute Gasteiger partial charge is 0.383 e. The van der Waals surface area contributed by atoms with Gasteiger partial charge in [0, 0.05) is 25.2 Å². The van der Waals surface area contributed by atoms with E-state index in [9.17, 15) is 4.39 Å². The zero-order valence-corrected chi connectivity index (χ0v) is 12.2. The van der Waals surface area contributed by atoms with Crippen molar-refractivity contribution in [3.63, 3.8) is 0 Å². The minimum atomic E-state index is -0.220. The molecule has 2 rings (SSSR count). The molecule has 1 heterocycles. The van der Waals surface area contributed by atoms with Crippen LogP contribution in [0, 0.1) is 5.82 Å². The van der Waals surface area contributed by atoms with E-state index in [1.165, 1.54) is 0 Å². The van der Waals surface area contributed by atoms with Crippen LogP contribution >= 0.6 is 0 Å². The number of nitrogens with one attached hydrogen (secondary N) is 2. The summed E-state index contributed by atoms with van der Waals surface area (Å²) in [4.78, 5) is 6.50. The van der Waals surface area contributed by atoms with Gasteiger partial charge < -0.3 is 15.5 Å². The Hall–Kier alpha value is -1.62. The van der Waals surface area contributed by atoms with Crippen LogP contribution in [0.5, 0.6) is 0 Å². The highest BCUT2D eigenvalue weighted by Crippen LogP contribution is 2.16. The molecule has 0 unspecified atom stereocenters. The van der Waals surface area contributed by atoms with Crippen molar-refractivity contribution < 1.29 is 4.39 Å². The Morgan fingerprint density at radius 3 is 2.90 bits per heavy atom. The number of nitrogens with zero attached hydrogens (tertiary/aromatic N) is 2. The molecule has 0 radical (unpaired) electrons. The van der Waals surface area contributed by atoms with Crippen LogP contribution in [-0.4, -0.2) is 51.0 Å². The van der Waals surface area contributed by atoms with Gasteiger partial charge in [-0.05, 0) is 51.7 Å². The average Bonchev–Trinajstić information content (AvgIpc) is 2.45. The Kier molecular flexibility index (Phi) is 5.35. The maximum absolute atomic E-state index is 14.0. The smallest absolute Gasteiger partial charge is 0.147 e. The van der Waals surface area contributed by atoms with Crippen LogP contribution in [0.25, 0.3) is 0 Å². The molecular formula is C15H23FN4. The molecule has 0 amide bonds. The topological polar surface area (TPSA) is 39.7 Å². The van der Waals surface area contributed by atoms with Gasteiger partial charge in [0.2, 0.25) is 0 Å². The van der Waals surface area contributed by atoms with Crippen LogP contribution in [0.4, 0.5) is 10.1 Å². The molecule has 0 aromatic heterocycles. The lowest BCUT2D eigenvalue weighted by Crippen LogP contribution is -2.30. The highest BCUT2D eigenvalue weighted by atomic mass is 19.1. The molecule has 1 aliphatic rings. The number of rotatable bonds is 6. The molecule has 1 aliphatic heterocycles. The molecule has 0 atom stereocenters. The van der Waals surface area contributed by atoms with Gasteiger partial charge >= 0.3 is 0 Å². The number of hydrogen-bond donors (Lipinski definition) is 2. The summed E-state index contributed by atoms with van der Waals surface area (Å²) in [5.41, 5.74) is 1.38. The van der Waals surface area contributed by atoms with Crippen molar-refractivity contribution in [1.29, 1.82) is 0 Å². The fourth-order valence-electron chi connectivity index (χ4n) is 2.15. The second kappa shape index (κ2) is 7.24. The fraction of sp³-hybridized carbons (Fsp3) is 0.533. The second-order valence-corrected chi connectivity index (χ2v) is 5.29. The molecule has 2 N–H and O–H groups in total. The Morgan fingerprint density at radius 1 is 1.40 bits per heavy atom. The molecule has 1 aromatic rings. The lowest BCUT2D eigenvalue weighted by molar-refractivity contribution is 0.405. The van der Waals surface area contributed by atoms with Crippen molar-refractivity contribution in [3.05, 3.63) is 29.6 Å². The number of aliphatic imine (C=N–C) groups is 1. The van der Waals surface area contributed by atoms with Gasteiger partial charge in [-0.2, -0.15) is 0 Å². The minimum Gasteiger partial charge on any atom is -0.383 e. The summed E-state index contributed by atoms with van der Waals surface area (Å²) in [6, 6.07) is 5.25. The number of benzene rings is 1. The predicted octanol–water partition coefficient (Wildman–Crippen LogP) is 1.93. The third-order valence-electron chi connectivity index (χ3n) is 3.24. The molecule has 0 aliphatic carbocycles. The average molecular weight is 278 g/mol. The summed E-state index contributed by atoms with van der Waals surface area (Å²) >= 11 is 0. The summed E-state index contributed by atoms with van der Waals surface area (Å²) in [6.45, 7) is 3.49. The van der Waals surface area contributed by atoms with Gasteiger partial charge in [-0.25, -0.2) is 4.39 Å². The SMILES string of the molecule is CN(C)CCCNc1ccc(C2=NCCCN2)cc1F. The van der Waals surface area contributed by atoms with Crippen LogP contribution in [0.3, 0.4) is 0 Å².